The van der Waals surface area contributed by atoms with Gasteiger partial charge in [-0.05, 0) is 17.0 Å². The summed E-state index contributed by atoms with van der Waals surface area (Å²) in [6, 6.07) is 7.02. The molecule has 2 rings (SSSR count). The maximum atomic E-state index is 12.3. The number of fused-ring (bicyclic) bond motifs is 1. The number of hydrogen-bond acceptors (Lipinski definition) is 3. The van der Waals surface area contributed by atoms with Crippen LogP contribution in [0.15, 0.2) is 24.3 Å². The van der Waals surface area contributed by atoms with E-state index >= 15 is 0 Å². The summed E-state index contributed by atoms with van der Waals surface area (Å²) in [5, 5.41) is 0. The largest absolute Gasteiger partial charge is 0.326 e. The van der Waals surface area contributed by atoms with Crippen LogP contribution in [0.2, 0.25) is 0 Å². The average Bonchev–Trinajstić information content (AvgIpc) is 2.33. The topological polar surface area (TPSA) is 63.4 Å². The Morgan fingerprint density at radius 1 is 1.25 bits per heavy atom. The molecule has 0 aromatic heterocycles. The van der Waals surface area contributed by atoms with Crippen LogP contribution >= 0.6 is 12.4 Å². The van der Waals surface area contributed by atoms with Crippen LogP contribution in [0.1, 0.15) is 36.7 Å². The van der Waals surface area contributed by atoms with Crippen LogP contribution < -0.4 is 5.73 Å². The number of carbonyl (C=O) groups excluding carboxylic acids is 2. The van der Waals surface area contributed by atoms with Gasteiger partial charge in [0.25, 0.3) is 5.91 Å². The number of amides is 2. The van der Waals surface area contributed by atoms with E-state index in [0.29, 0.717) is 5.56 Å². The molecule has 0 radical (unpaired) electrons. The van der Waals surface area contributed by atoms with Crippen LogP contribution in [0.4, 0.5) is 0 Å². The monoisotopic (exact) mass is 296 g/mol. The third-order valence-corrected chi connectivity index (χ3v) is 3.63. The predicted octanol–water partition coefficient (Wildman–Crippen LogP) is 2.01. The van der Waals surface area contributed by atoms with Gasteiger partial charge in [-0.25, -0.2) is 0 Å². The lowest BCUT2D eigenvalue weighted by Crippen LogP contribution is -2.51. The summed E-state index contributed by atoms with van der Waals surface area (Å²) in [5.74, 6) is -0.394. The molecule has 1 atom stereocenters. The molecule has 0 aliphatic carbocycles. The molecular formula is C15H21ClN2O2. The van der Waals surface area contributed by atoms with Crippen LogP contribution in [0, 0.1) is 5.41 Å². The molecule has 1 aromatic rings. The van der Waals surface area contributed by atoms with Crippen molar-refractivity contribution in [2.45, 2.75) is 33.2 Å². The molecule has 0 bridgehead atoms. The minimum atomic E-state index is -0.231. The molecule has 1 aliphatic rings. The third-order valence-electron chi connectivity index (χ3n) is 3.63. The fourth-order valence-electron chi connectivity index (χ4n) is 2.06. The van der Waals surface area contributed by atoms with Crippen molar-refractivity contribution in [2.75, 3.05) is 6.54 Å². The van der Waals surface area contributed by atoms with E-state index in [9.17, 15) is 9.59 Å². The van der Waals surface area contributed by atoms with Gasteiger partial charge in [0.15, 0.2) is 0 Å². The second-order valence-electron chi connectivity index (χ2n) is 6.12. The molecule has 20 heavy (non-hydrogen) atoms. The highest BCUT2D eigenvalue weighted by Gasteiger charge is 2.33. The lowest BCUT2D eigenvalue weighted by Gasteiger charge is -2.34. The summed E-state index contributed by atoms with van der Waals surface area (Å²) in [6.07, 6.45) is 0.277. The number of rotatable bonds is 2. The van der Waals surface area contributed by atoms with Crippen molar-refractivity contribution >= 4 is 24.2 Å². The first kappa shape index (κ1) is 16.7. The molecule has 1 aliphatic heterocycles. The second-order valence-corrected chi connectivity index (χ2v) is 6.12. The number of benzene rings is 1. The third kappa shape index (κ3) is 3.19. The SMILES string of the molecule is CC(C)(C)[C@H](N)CN1C(=O)Cc2ccccc2C1=O.Cl. The average molecular weight is 297 g/mol. The van der Waals surface area contributed by atoms with Crippen molar-refractivity contribution in [3.05, 3.63) is 35.4 Å². The minimum Gasteiger partial charge on any atom is -0.326 e. The van der Waals surface area contributed by atoms with E-state index in [1.54, 1.807) is 6.07 Å². The Bertz CT molecular complexity index is 523. The van der Waals surface area contributed by atoms with Crippen molar-refractivity contribution in [3.8, 4) is 0 Å². The number of nitrogens with two attached hydrogens (primary N) is 1. The highest BCUT2D eigenvalue weighted by Crippen LogP contribution is 2.23. The van der Waals surface area contributed by atoms with E-state index in [4.69, 9.17) is 5.73 Å². The molecule has 0 unspecified atom stereocenters. The zero-order chi connectivity index (χ0) is 14.2. The zero-order valence-corrected chi connectivity index (χ0v) is 12.9. The summed E-state index contributed by atoms with van der Waals surface area (Å²) < 4.78 is 0. The molecule has 0 spiro atoms. The molecule has 5 heteroatoms. The Kier molecular flexibility index (Phi) is 4.95. The van der Waals surface area contributed by atoms with Gasteiger partial charge in [-0.3, -0.25) is 14.5 Å². The summed E-state index contributed by atoms with van der Waals surface area (Å²) in [6.45, 7) is 6.29. The van der Waals surface area contributed by atoms with Crippen molar-refractivity contribution in [1.82, 2.24) is 4.90 Å². The molecule has 2 amide bonds. The lowest BCUT2D eigenvalue weighted by molar-refractivity contribution is -0.128. The van der Waals surface area contributed by atoms with Crippen LogP contribution in [-0.2, 0) is 11.2 Å². The number of imide groups is 1. The second kappa shape index (κ2) is 5.94. The molecule has 0 saturated heterocycles. The number of nitrogens with zero attached hydrogens (tertiary/aromatic N) is 1. The van der Waals surface area contributed by atoms with Crippen LogP contribution in [0.5, 0.6) is 0 Å². The Labute approximate surface area is 125 Å². The van der Waals surface area contributed by atoms with Crippen molar-refractivity contribution < 1.29 is 9.59 Å². The fraction of sp³-hybridized carbons (Fsp3) is 0.467. The molecule has 0 fully saturated rings. The van der Waals surface area contributed by atoms with Gasteiger partial charge in [-0.15, -0.1) is 12.4 Å². The van der Waals surface area contributed by atoms with E-state index in [1.165, 1.54) is 4.90 Å². The first-order valence-corrected chi connectivity index (χ1v) is 6.49. The smallest absolute Gasteiger partial charge is 0.260 e. The van der Waals surface area contributed by atoms with Gasteiger partial charge < -0.3 is 5.73 Å². The highest BCUT2D eigenvalue weighted by molar-refractivity contribution is 6.09. The Balaban J connectivity index is 0.00000200. The number of hydrogen-bond donors (Lipinski definition) is 1. The number of halogens is 1. The van der Waals surface area contributed by atoms with Gasteiger partial charge in [0.1, 0.15) is 0 Å². The molecule has 1 aromatic carbocycles. The fourth-order valence-corrected chi connectivity index (χ4v) is 2.06. The van der Waals surface area contributed by atoms with Gasteiger partial charge in [-0.2, -0.15) is 0 Å². The standard InChI is InChI=1S/C15H20N2O2.ClH/c1-15(2,3)12(16)9-17-13(18)8-10-6-4-5-7-11(10)14(17)19;/h4-7,12H,8-9,16H2,1-3H3;1H/t12-;/m1./s1. The van der Waals surface area contributed by atoms with E-state index in [1.807, 2.05) is 39.0 Å². The van der Waals surface area contributed by atoms with Crippen LogP contribution in [-0.4, -0.2) is 29.3 Å². The molecule has 1 heterocycles. The van der Waals surface area contributed by atoms with Crippen LogP contribution in [0.3, 0.4) is 0 Å². The van der Waals surface area contributed by atoms with Crippen molar-refractivity contribution in [3.63, 3.8) is 0 Å². The van der Waals surface area contributed by atoms with Gasteiger partial charge in [0.05, 0.1) is 6.42 Å². The first-order chi connectivity index (χ1) is 8.80. The summed E-state index contributed by atoms with van der Waals surface area (Å²) >= 11 is 0. The van der Waals surface area contributed by atoms with E-state index in [0.717, 1.165) is 5.56 Å². The molecule has 2 N–H and O–H groups in total. The first-order valence-electron chi connectivity index (χ1n) is 6.49. The van der Waals surface area contributed by atoms with E-state index < -0.39 is 0 Å². The summed E-state index contributed by atoms with van der Waals surface area (Å²) in [4.78, 5) is 25.7. The van der Waals surface area contributed by atoms with E-state index in [2.05, 4.69) is 0 Å². The normalized spacial score (nSPS) is 16.5. The zero-order valence-electron chi connectivity index (χ0n) is 12.1. The summed E-state index contributed by atoms with van der Waals surface area (Å²) in [5.41, 5.74) is 7.36. The molecule has 0 saturated carbocycles. The molecule has 110 valence electrons. The van der Waals surface area contributed by atoms with Gasteiger partial charge in [0.2, 0.25) is 5.91 Å². The highest BCUT2D eigenvalue weighted by atomic mass is 35.5. The molecule has 4 nitrogen and oxygen atoms in total. The quantitative estimate of drug-likeness (QED) is 0.849. The molecular weight excluding hydrogens is 276 g/mol. The Hall–Kier alpha value is -1.39. The van der Waals surface area contributed by atoms with Gasteiger partial charge in [-0.1, -0.05) is 39.0 Å². The van der Waals surface area contributed by atoms with Crippen LogP contribution in [0.25, 0.3) is 0 Å². The summed E-state index contributed by atoms with van der Waals surface area (Å²) in [7, 11) is 0. The number of carbonyl (C=O) groups is 2. The lowest BCUT2D eigenvalue weighted by atomic mass is 9.86. The van der Waals surface area contributed by atoms with Crippen molar-refractivity contribution in [2.24, 2.45) is 11.1 Å². The van der Waals surface area contributed by atoms with E-state index in [-0.39, 0.29) is 48.6 Å². The predicted molar refractivity (Wildman–Crippen MR) is 80.9 cm³/mol. The Morgan fingerprint density at radius 2 is 1.85 bits per heavy atom. The van der Waals surface area contributed by atoms with Crippen molar-refractivity contribution in [1.29, 1.82) is 0 Å². The Morgan fingerprint density at radius 3 is 2.45 bits per heavy atom. The van der Waals surface area contributed by atoms with Gasteiger partial charge >= 0.3 is 0 Å². The maximum Gasteiger partial charge on any atom is 0.260 e. The van der Waals surface area contributed by atoms with Gasteiger partial charge in [0, 0.05) is 18.2 Å². The minimum absolute atomic E-state index is 0. The maximum absolute atomic E-state index is 12.3.